The average Bonchev–Trinajstić information content (AvgIpc) is 2.95. The van der Waals surface area contributed by atoms with Gasteiger partial charge in [0, 0.05) is 19.1 Å². The molecule has 1 amide bonds. The van der Waals surface area contributed by atoms with E-state index >= 15 is 0 Å². The maximum absolute atomic E-state index is 12.2. The molecule has 5 heteroatoms. The van der Waals surface area contributed by atoms with Crippen molar-refractivity contribution in [2.45, 2.75) is 51.2 Å². The number of nitrogens with one attached hydrogen (secondary N) is 2. The Bertz CT molecular complexity index is 311. The lowest BCUT2D eigenvalue weighted by molar-refractivity contribution is -0.133. The SMILES string of the molecule is CCC1CCC(C(=O)NCC2(COC)CCNCC2)O1. The maximum atomic E-state index is 12.2. The molecule has 0 aromatic carbocycles. The van der Waals surface area contributed by atoms with Crippen LogP contribution >= 0.6 is 0 Å². The van der Waals surface area contributed by atoms with Crippen LogP contribution in [0.15, 0.2) is 0 Å². The van der Waals surface area contributed by atoms with Gasteiger partial charge in [0.25, 0.3) is 0 Å². The molecule has 2 fully saturated rings. The van der Waals surface area contributed by atoms with Gasteiger partial charge in [0.15, 0.2) is 0 Å². The van der Waals surface area contributed by atoms with Gasteiger partial charge in [-0.15, -0.1) is 0 Å². The smallest absolute Gasteiger partial charge is 0.249 e. The molecule has 0 aliphatic carbocycles. The summed E-state index contributed by atoms with van der Waals surface area (Å²) >= 11 is 0. The highest BCUT2D eigenvalue weighted by atomic mass is 16.5. The van der Waals surface area contributed by atoms with Crippen molar-refractivity contribution in [2.75, 3.05) is 33.4 Å². The van der Waals surface area contributed by atoms with E-state index in [0.29, 0.717) is 13.2 Å². The number of carbonyl (C=O) groups is 1. The summed E-state index contributed by atoms with van der Waals surface area (Å²) in [6, 6.07) is 0. The molecular formula is C15H28N2O3. The number of carbonyl (C=O) groups excluding carboxylic acids is 1. The Morgan fingerprint density at radius 2 is 2.15 bits per heavy atom. The monoisotopic (exact) mass is 284 g/mol. The topological polar surface area (TPSA) is 59.6 Å². The number of rotatable bonds is 6. The standard InChI is InChI=1S/C15H28N2O3/c1-3-12-4-5-13(20-12)14(18)17-10-15(11-19-2)6-8-16-9-7-15/h12-13,16H,3-11H2,1-2H3,(H,17,18). The first-order chi connectivity index (χ1) is 9.69. The molecule has 2 rings (SSSR count). The van der Waals surface area contributed by atoms with Gasteiger partial charge in [0.2, 0.25) is 5.91 Å². The third kappa shape index (κ3) is 3.93. The van der Waals surface area contributed by atoms with Gasteiger partial charge in [-0.3, -0.25) is 4.79 Å². The van der Waals surface area contributed by atoms with Crippen LogP contribution in [0, 0.1) is 5.41 Å². The zero-order valence-corrected chi connectivity index (χ0v) is 12.7. The second-order valence-corrected chi connectivity index (χ2v) is 6.13. The fourth-order valence-electron chi connectivity index (χ4n) is 3.22. The lowest BCUT2D eigenvalue weighted by Gasteiger charge is -2.37. The van der Waals surface area contributed by atoms with Crippen LogP contribution in [0.2, 0.25) is 0 Å². The quantitative estimate of drug-likeness (QED) is 0.766. The molecule has 5 nitrogen and oxygen atoms in total. The zero-order valence-electron chi connectivity index (χ0n) is 12.7. The van der Waals surface area contributed by atoms with Gasteiger partial charge in [0.05, 0.1) is 12.7 Å². The van der Waals surface area contributed by atoms with Gasteiger partial charge in [-0.2, -0.15) is 0 Å². The number of amides is 1. The fourth-order valence-corrected chi connectivity index (χ4v) is 3.22. The molecule has 0 aromatic rings. The Labute approximate surface area is 121 Å². The van der Waals surface area contributed by atoms with Crippen molar-refractivity contribution in [1.82, 2.24) is 10.6 Å². The van der Waals surface area contributed by atoms with Crippen LogP contribution in [-0.4, -0.2) is 51.5 Å². The van der Waals surface area contributed by atoms with E-state index in [9.17, 15) is 4.79 Å². The van der Waals surface area contributed by atoms with E-state index < -0.39 is 0 Å². The van der Waals surface area contributed by atoms with Crippen LogP contribution in [0.25, 0.3) is 0 Å². The van der Waals surface area contributed by atoms with Crippen molar-refractivity contribution in [3.05, 3.63) is 0 Å². The van der Waals surface area contributed by atoms with Crippen LogP contribution in [0.5, 0.6) is 0 Å². The molecule has 0 bridgehead atoms. The van der Waals surface area contributed by atoms with Gasteiger partial charge in [-0.25, -0.2) is 0 Å². The minimum atomic E-state index is -0.249. The van der Waals surface area contributed by atoms with Crippen molar-refractivity contribution in [3.8, 4) is 0 Å². The Hall–Kier alpha value is -0.650. The molecule has 2 unspecified atom stereocenters. The van der Waals surface area contributed by atoms with Gasteiger partial charge in [0.1, 0.15) is 6.10 Å². The van der Waals surface area contributed by atoms with Crippen LogP contribution in [0.3, 0.4) is 0 Å². The lowest BCUT2D eigenvalue weighted by Crippen LogP contribution is -2.48. The predicted molar refractivity (Wildman–Crippen MR) is 77.6 cm³/mol. The molecule has 116 valence electrons. The molecule has 0 spiro atoms. The Kier molecular flexibility index (Phi) is 5.81. The normalized spacial score (nSPS) is 29.3. The van der Waals surface area contributed by atoms with Crippen molar-refractivity contribution in [3.63, 3.8) is 0 Å². The maximum Gasteiger partial charge on any atom is 0.249 e. The number of piperidine rings is 1. The number of methoxy groups -OCH3 is 1. The van der Waals surface area contributed by atoms with Gasteiger partial charge < -0.3 is 20.1 Å². The molecule has 0 radical (unpaired) electrons. The highest BCUT2D eigenvalue weighted by molar-refractivity contribution is 5.81. The van der Waals surface area contributed by atoms with Gasteiger partial charge in [-0.1, -0.05) is 6.92 Å². The summed E-state index contributed by atoms with van der Waals surface area (Å²) in [6.45, 7) is 5.50. The van der Waals surface area contributed by atoms with Gasteiger partial charge >= 0.3 is 0 Å². The summed E-state index contributed by atoms with van der Waals surface area (Å²) in [5, 5.41) is 6.45. The highest BCUT2D eigenvalue weighted by Crippen LogP contribution is 2.28. The molecule has 20 heavy (non-hydrogen) atoms. The predicted octanol–water partition coefficient (Wildman–Crippen LogP) is 1.08. The lowest BCUT2D eigenvalue weighted by atomic mass is 9.79. The molecule has 2 aliphatic heterocycles. The number of ether oxygens (including phenoxy) is 2. The summed E-state index contributed by atoms with van der Waals surface area (Å²) in [7, 11) is 1.73. The van der Waals surface area contributed by atoms with Crippen LogP contribution in [0.1, 0.15) is 39.0 Å². The minimum absolute atomic E-state index is 0.0509. The minimum Gasteiger partial charge on any atom is -0.384 e. The second-order valence-electron chi connectivity index (χ2n) is 6.13. The Morgan fingerprint density at radius 3 is 2.75 bits per heavy atom. The second kappa shape index (κ2) is 7.38. The average molecular weight is 284 g/mol. The summed E-state index contributed by atoms with van der Waals surface area (Å²) in [5.74, 6) is 0.0509. The summed E-state index contributed by atoms with van der Waals surface area (Å²) in [5.41, 5.74) is 0.0818. The van der Waals surface area contributed by atoms with E-state index in [1.165, 1.54) is 0 Å². The zero-order chi connectivity index (χ0) is 14.4. The molecule has 2 N–H and O–H groups in total. The molecular weight excluding hydrogens is 256 g/mol. The third-order valence-corrected chi connectivity index (χ3v) is 4.61. The molecule has 2 aliphatic rings. The van der Waals surface area contributed by atoms with E-state index in [-0.39, 0.29) is 23.5 Å². The molecule has 2 heterocycles. The van der Waals surface area contributed by atoms with E-state index in [0.717, 1.165) is 45.2 Å². The van der Waals surface area contributed by atoms with Crippen molar-refractivity contribution in [1.29, 1.82) is 0 Å². The molecule has 2 atom stereocenters. The highest BCUT2D eigenvalue weighted by Gasteiger charge is 2.35. The number of hydrogen-bond donors (Lipinski definition) is 2. The van der Waals surface area contributed by atoms with Crippen LogP contribution in [-0.2, 0) is 14.3 Å². The summed E-state index contributed by atoms with van der Waals surface area (Å²) < 4.78 is 11.1. The molecule has 2 saturated heterocycles. The van der Waals surface area contributed by atoms with Gasteiger partial charge in [-0.05, 0) is 45.2 Å². The fraction of sp³-hybridized carbons (Fsp3) is 0.933. The first-order valence-corrected chi connectivity index (χ1v) is 7.82. The first-order valence-electron chi connectivity index (χ1n) is 7.82. The third-order valence-electron chi connectivity index (χ3n) is 4.61. The number of hydrogen-bond acceptors (Lipinski definition) is 4. The van der Waals surface area contributed by atoms with Crippen LogP contribution < -0.4 is 10.6 Å². The molecule has 0 aromatic heterocycles. The van der Waals surface area contributed by atoms with Crippen molar-refractivity contribution < 1.29 is 14.3 Å². The Balaban J connectivity index is 1.81. The van der Waals surface area contributed by atoms with Crippen molar-refractivity contribution in [2.24, 2.45) is 5.41 Å². The van der Waals surface area contributed by atoms with Crippen LogP contribution in [0.4, 0.5) is 0 Å². The summed E-state index contributed by atoms with van der Waals surface area (Å²) in [6.07, 6.45) is 4.95. The van der Waals surface area contributed by atoms with Crippen molar-refractivity contribution >= 4 is 5.91 Å². The van der Waals surface area contributed by atoms with E-state index in [2.05, 4.69) is 17.6 Å². The first kappa shape index (κ1) is 15.7. The van der Waals surface area contributed by atoms with E-state index in [4.69, 9.17) is 9.47 Å². The van der Waals surface area contributed by atoms with E-state index in [1.54, 1.807) is 7.11 Å². The largest absolute Gasteiger partial charge is 0.384 e. The summed E-state index contributed by atoms with van der Waals surface area (Å²) in [4.78, 5) is 12.2. The Morgan fingerprint density at radius 1 is 1.40 bits per heavy atom. The molecule has 0 saturated carbocycles. The van der Waals surface area contributed by atoms with E-state index in [1.807, 2.05) is 0 Å².